The molecule has 0 spiro atoms. The van der Waals surface area contributed by atoms with Crippen molar-refractivity contribution in [3.63, 3.8) is 0 Å². The van der Waals surface area contributed by atoms with E-state index in [2.05, 4.69) is 17.9 Å². The van der Waals surface area contributed by atoms with E-state index in [0.717, 1.165) is 12.1 Å². The third kappa shape index (κ3) is 5.63. The van der Waals surface area contributed by atoms with Gasteiger partial charge in [0.2, 0.25) is 0 Å². The molecule has 142 valence electrons. The van der Waals surface area contributed by atoms with E-state index in [4.69, 9.17) is 4.74 Å². The summed E-state index contributed by atoms with van der Waals surface area (Å²) in [6.45, 7) is 7.69. The summed E-state index contributed by atoms with van der Waals surface area (Å²) < 4.78 is 9.22. The van der Waals surface area contributed by atoms with E-state index in [-0.39, 0.29) is 24.2 Å². The molecule has 27 heavy (non-hydrogen) atoms. The Morgan fingerprint density at radius 2 is 1.63 bits per heavy atom. The second-order valence-electron chi connectivity index (χ2n) is 5.24. The van der Waals surface area contributed by atoms with Gasteiger partial charge in [-0.25, -0.2) is 24.0 Å². The Morgan fingerprint density at radius 1 is 1.04 bits per heavy atom. The molecule has 0 aliphatic rings. The molecule has 0 saturated heterocycles. The highest BCUT2D eigenvalue weighted by Gasteiger charge is 2.24. The number of rotatable bonds is 8. The van der Waals surface area contributed by atoms with Crippen molar-refractivity contribution in [3.8, 4) is 0 Å². The number of hydrogen-bond acceptors (Lipinski definition) is 7. The molecule has 1 aromatic carbocycles. The third-order valence-corrected chi connectivity index (χ3v) is 3.24. The summed E-state index contributed by atoms with van der Waals surface area (Å²) in [6, 6.07) is 1.75. The average Bonchev–Trinajstić information content (AvgIpc) is 2.60. The van der Waals surface area contributed by atoms with Gasteiger partial charge in [0.15, 0.2) is 0 Å². The minimum atomic E-state index is -1.54. The van der Waals surface area contributed by atoms with Crippen LogP contribution in [0.3, 0.4) is 0 Å². The number of carboxylic acid groups (broad SMARTS) is 2. The number of hydrogen-bond donors (Lipinski definition) is 2. The minimum Gasteiger partial charge on any atom is -0.478 e. The fraction of sp³-hybridized carbons (Fsp3) is 0.167. The van der Waals surface area contributed by atoms with Crippen LogP contribution >= 0.6 is 0 Å². The molecule has 0 fully saturated rings. The van der Waals surface area contributed by atoms with Crippen molar-refractivity contribution in [1.82, 2.24) is 0 Å². The molecule has 0 aliphatic carbocycles. The molecule has 1 rings (SSSR count). The summed E-state index contributed by atoms with van der Waals surface area (Å²) in [7, 11) is 0. The first kappa shape index (κ1) is 21.3. The average molecular weight is 376 g/mol. The summed E-state index contributed by atoms with van der Waals surface area (Å²) in [5, 5.41) is 18.6. The van der Waals surface area contributed by atoms with Gasteiger partial charge in [0.1, 0.15) is 0 Å². The Bertz CT molecular complexity index is 849. The van der Waals surface area contributed by atoms with Crippen LogP contribution in [0.15, 0.2) is 36.9 Å². The fourth-order valence-electron chi connectivity index (χ4n) is 1.96. The zero-order chi connectivity index (χ0) is 20.7. The van der Waals surface area contributed by atoms with Crippen molar-refractivity contribution in [2.75, 3.05) is 6.61 Å². The van der Waals surface area contributed by atoms with Crippen LogP contribution in [0.2, 0.25) is 0 Å². The largest absolute Gasteiger partial charge is 0.478 e. The first-order valence-corrected chi connectivity index (χ1v) is 7.43. The number of carbonyl (C=O) groups is 5. The summed E-state index contributed by atoms with van der Waals surface area (Å²) in [5.41, 5.74) is -1.42. The number of carboxylic acids is 2. The molecular weight excluding hydrogens is 360 g/mol. The van der Waals surface area contributed by atoms with Gasteiger partial charge >= 0.3 is 29.8 Å². The first-order valence-electron chi connectivity index (χ1n) is 7.43. The predicted molar refractivity (Wildman–Crippen MR) is 90.5 cm³/mol. The van der Waals surface area contributed by atoms with Crippen LogP contribution in [0.25, 0.3) is 0 Å². The Kier molecular flexibility index (Phi) is 7.17. The molecule has 0 atom stereocenters. The number of carbonyl (C=O) groups excluding carboxylic acids is 3. The molecule has 0 aromatic heterocycles. The maximum atomic E-state index is 12.0. The lowest BCUT2D eigenvalue weighted by molar-refractivity contribution is -0.138. The third-order valence-electron chi connectivity index (χ3n) is 3.24. The Morgan fingerprint density at radius 3 is 2.11 bits per heavy atom. The minimum absolute atomic E-state index is 0.0148. The molecule has 2 N–H and O–H groups in total. The smallest absolute Gasteiger partial charge is 0.346 e. The lowest BCUT2D eigenvalue weighted by Crippen LogP contribution is -2.18. The molecular formula is C18H16O9. The van der Waals surface area contributed by atoms with E-state index in [1.807, 2.05) is 0 Å². The van der Waals surface area contributed by atoms with Crippen molar-refractivity contribution >= 4 is 29.8 Å². The van der Waals surface area contributed by atoms with Crippen LogP contribution in [-0.2, 0) is 25.5 Å². The SMILES string of the molecule is C=CC(=O)OC(=O)c1cc(C(=O)O)c(CCOC(=O)C(=C)C)cc1C(=O)O. The molecule has 0 amide bonds. The van der Waals surface area contributed by atoms with Crippen LogP contribution in [0.1, 0.15) is 43.6 Å². The molecule has 0 unspecified atom stereocenters. The molecule has 0 saturated carbocycles. The zero-order valence-corrected chi connectivity index (χ0v) is 14.3. The standard InChI is InChI=1S/C18H16O9/c1-4-14(19)27-18(25)13-8-11(15(20)21)10(7-12(13)16(22)23)5-6-26-17(24)9(2)3/h4,7-8H,1-2,5-6H2,3H3,(H,20,21)(H,22,23). The van der Waals surface area contributed by atoms with E-state index in [0.29, 0.717) is 6.08 Å². The number of ether oxygens (including phenoxy) is 2. The van der Waals surface area contributed by atoms with Crippen molar-refractivity contribution in [3.05, 3.63) is 59.2 Å². The molecule has 9 heteroatoms. The lowest BCUT2D eigenvalue weighted by Gasteiger charge is -2.12. The normalized spacial score (nSPS) is 9.81. The van der Waals surface area contributed by atoms with Gasteiger partial charge in [-0.1, -0.05) is 13.2 Å². The van der Waals surface area contributed by atoms with Gasteiger partial charge in [-0.3, -0.25) is 0 Å². The number of esters is 3. The van der Waals surface area contributed by atoms with Gasteiger partial charge < -0.3 is 19.7 Å². The summed E-state index contributed by atoms with van der Waals surface area (Å²) in [6.07, 6.45) is 0.572. The highest BCUT2D eigenvalue weighted by Crippen LogP contribution is 2.20. The van der Waals surface area contributed by atoms with Gasteiger partial charge in [0, 0.05) is 18.1 Å². The number of benzene rings is 1. The topological polar surface area (TPSA) is 144 Å². The molecule has 9 nitrogen and oxygen atoms in total. The zero-order valence-electron chi connectivity index (χ0n) is 14.3. The maximum absolute atomic E-state index is 12.0. The Labute approximate surface area is 153 Å². The van der Waals surface area contributed by atoms with Crippen LogP contribution < -0.4 is 0 Å². The van der Waals surface area contributed by atoms with Crippen LogP contribution in [0, 0.1) is 0 Å². The van der Waals surface area contributed by atoms with Gasteiger partial charge in [-0.05, 0) is 24.6 Å². The first-order chi connectivity index (χ1) is 12.6. The highest BCUT2D eigenvalue weighted by atomic mass is 16.6. The quantitative estimate of drug-likeness (QED) is 0.393. The maximum Gasteiger partial charge on any atom is 0.346 e. The van der Waals surface area contributed by atoms with E-state index in [9.17, 15) is 34.2 Å². The lowest BCUT2D eigenvalue weighted by atomic mass is 9.96. The van der Waals surface area contributed by atoms with Gasteiger partial charge in [-0.15, -0.1) is 0 Å². The molecule has 0 radical (unpaired) electrons. The van der Waals surface area contributed by atoms with Crippen LogP contribution in [0.4, 0.5) is 0 Å². The van der Waals surface area contributed by atoms with E-state index in [1.165, 1.54) is 6.92 Å². The van der Waals surface area contributed by atoms with Crippen molar-refractivity contribution in [2.45, 2.75) is 13.3 Å². The summed E-state index contributed by atoms with van der Waals surface area (Å²) in [4.78, 5) is 57.4. The monoisotopic (exact) mass is 376 g/mol. The summed E-state index contributed by atoms with van der Waals surface area (Å²) in [5.74, 6) is -6.13. The molecule has 0 bridgehead atoms. The Hall–Kier alpha value is -3.75. The summed E-state index contributed by atoms with van der Waals surface area (Å²) >= 11 is 0. The molecule has 0 aliphatic heterocycles. The number of aromatic carboxylic acids is 2. The predicted octanol–water partition coefficient (Wildman–Crippen LogP) is 1.61. The molecule has 0 heterocycles. The van der Waals surface area contributed by atoms with E-state index >= 15 is 0 Å². The fourth-order valence-corrected chi connectivity index (χ4v) is 1.96. The van der Waals surface area contributed by atoms with Gasteiger partial charge in [0.25, 0.3) is 0 Å². The van der Waals surface area contributed by atoms with E-state index in [1.54, 1.807) is 0 Å². The van der Waals surface area contributed by atoms with Crippen molar-refractivity contribution in [1.29, 1.82) is 0 Å². The van der Waals surface area contributed by atoms with Crippen molar-refractivity contribution in [2.24, 2.45) is 0 Å². The van der Waals surface area contributed by atoms with Gasteiger partial charge in [-0.2, -0.15) is 0 Å². The molecule has 1 aromatic rings. The highest BCUT2D eigenvalue weighted by molar-refractivity contribution is 6.08. The Balaban J connectivity index is 3.28. The second-order valence-corrected chi connectivity index (χ2v) is 5.24. The van der Waals surface area contributed by atoms with Gasteiger partial charge in [0.05, 0.1) is 23.3 Å². The van der Waals surface area contributed by atoms with Crippen molar-refractivity contribution < 1.29 is 43.7 Å². The van der Waals surface area contributed by atoms with Crippen LogP contribution in [0.5, 0.6) is 0 Å². The second kappa shape index (κ2) is 9.09. The van der Waals surface area contributed by atoms with E-state index < -0.39 is 46.5 Å². The van der Waals surface area contributed by atoms with Crippen LogP contribution in [-0.4, -0.2) is 46.7 Å².